The van der Waals surface area contributed by atoms with Gasteiger partial charge in [-0.2, -0.15) is 0 Å². The summed E-state index contributed by atoms with van der Waals surface area (Å²) in [5.74, 6) is 6.84. The number of nitrogens with zero attached hydrogens (tertiary/aromatic N) is 1. The lowest BCUT2D eigenvalue weighted by Crippen LogP contribution is -2.52. The maximum Gasteiger partial charge on any atom is 0.283 e. The van der Waals surface area contributed by atoms with Crippen molar-refractivity contribution in [3.05, 3.63) is 29.6 Å². The lowest BCUT2D eigenvalue weighted by atomic mass is 9.65. The number of nitrogens with two attached hydrogens (primary N) is 1. The predicted octanol–water partition coefficient (Wildman–Crippen LogP) is 2.75. The van der Waals surface area contributed by atoms with E-state index in [1.807, 2.05) is 6.07 Å². The molecule has 28 heavy (non-hydrogen) atoms. The minimum atomic E-state index is -0.408. The average Bonchev–Trinajstić information content (AvgIpc) is 2.88. The Morgan fingerprint density at radius 1 is 1.25 bits per heavy atom. The number of aromatic nitrogens is 1. The molecule has 154 valence electrons. The Balaban J connectivity index is 1.43. The highest BCUT2D eigenvalue weighted by atomic mass is 16.8. The smallest absolute Gasteiger partial charge is 0.283 e. The molecule has 3 N–H and O–H groups in total. The molecule has 7 nitrogen and oxygen atoms in total. The first-order valence-corrected chi connectivity index (χ1v) is 10.4. The summed E-state index contributed by atoms with van der Waals surface area (Å²) in [6.45, 7) is 4.78. The van der Waals surface area contributed by atoms with Gasteiger partial charge in [-0.3, -0.25) is 15.2 Å². The average molecular weight is 389 g/mol. The number of carbonyl (C=O) groups excluding carboxylic acids is 1. The van der Waals surface area contributed by atoms with Crippen LogP contribution in [0, 0.1) is 23.7 Å². The van der Waals surface area contributed by atoms with Gasteiger partial charge in [-0.05, 0) is 56.1 Å². The lowest BCUT2D eigenvalue weighted by molar-refractivity contribution is -0.334. The Morgan fingerprint density at radius 2 is 2.11 bits per heavy atom. The van der Waals surface area contributed by atoms with Crippen LogP contribution in [-0.2, 0) is 20.8 Å². The second kappa shape index (κ2) is 8.45. The van der Waals surface area contributed by atoms with E-state index in [9.17, 15) is 4.79 Å². The molecule has 1 aromatic rings. The quantitative estimate of drug-likeness (QED) is 0.467. The van der Waals surface area contributed by atoms with Crippen LogP contribution in [0.2, 0.25) is 0 Å². The summed E-state index contributed by atoms with van der Waals surface area (Å²) in [7, 11) is 0. The minimum Gasteiger partial charge on any atom is -0.349 e. The van der Waals surface area contributed by atoms with Crippen molar-refractivity contribution in [3.8, 4) is 0 Å². The van der Waals surface area contributed by atoms with Crippen molar-refractivity contribution < 1.29 is 19.0 Å². The summed E-state index contributed by atoms with van der Waals surface area (Å²) >= 11 is 0. The molecule has 7 atom stereocenters. The first-order valence-electron chi connectivity index (χ1n) is 10.4. The lowest BCUT2D eigenvalue weighted by Gasteiger charge is -2.50. The van der Waals surface area contributed by atoms with E-state index in [1.54, 1.807) is 12.3 Å². The van der Waals surface area contributed by atoms with Gasteiger partial charge in [-0.1, -0.05) is 19.4 Å². The summed E-state index contributed by atoms with van der Waals surface area (Å²) in [6, 6.07) is 3.47. The summed E-state index contributed by atoms with van der Waals surface area (Å²) in [4.78, 5) is 15.6. The van der Waals surface area contributed by atoms with E-state index in [1.165, 1.54) is 25.7 Å². The normalized spacial score (nSPS) is 37.6. The first-order chi connectivity index (χ1) is 13.6. The molecule has 0 aromatic carbocycles. The zero-order valence-corrected chi connectivity index (χ0v) is 16.7. The Hall–Kier alpha value is -1.54. The van der Waals surface area contributed by atoms with Gasteiger partial charge in [-0.15, -0.1) is 0 Å². The molecule has 2 aliphatic heterocycles. The number of nitrogen functional groups attached to an aromatic ring is 1. The van der Waals surface area contributed by atoms with Gasteiger partial charge in [0.1, 0.15) is 5.69 Å². The van der Waals surface area contributed by atoms with Crippen molar-refractivity contribution >= 4 is 5.91 Å². The molecule has 3 fully saturated rings. The van der Waals surface area contributed by atoms with Crippen molar-refractivity contribution in [2.45, 2.75) is 71.2 Å². The Bertz CT molecular complexity index is 683. The molecule has 3 heterocycles. The van der Waals surface area contributed by atoms with Gasteiger partial charge in [-0.25, -0.2) is 5.84 Å². The number of hydrazine groups is 1. The number of ether oxygens (including phenoxy) is 3. The monoisotopic (exact) mass is 389 g/mol. The van der Waals surface area contributed by atoms with Gasteiger partial charge in [0.25, 0.3) is 5.91 Å². The molecule has 0 spiro atoms. The van der Waals surface area contributed by atoms with E-state index < -0.39 is 5.91 Å². The summed E-state index contributed by atoms with van der Waals surface area (Å²) in [6.07, 6.45) is 7.59. The fourth-order valence-corrected chi connectivity index (χ4v) is 5.23. The van der Waals surface area contributed by atoms with Gasteiger partial charge >= 0.3 is 0 Å². The van der Waals surface area contributed by atoms with Crippen LogP contribution in [0.4, 0.5) is 0 Å². The van der Waals surface area contributed by atoms with Crippen molar-refractivity contribution in [2.75, 3.05) is 0 Å². The number of hydrogen-bond donors (Lipinski definition) is 2. The molecule has 0 radical (unpaired) electrons. The van der Waals surface area contributed by atoms with E-state index in [0.717, 1.165) is 12.0 Å². The molecule has 2 saturated heterocycles. The van der Waals surface area contributed by atoms with Crippen LogP contribution in [-0.4, -0.2) is 29.6 Å². The molecule has 7 heteroatoms. The van der Waals surface area contributed by atoms with E-state index in [4.69, 9.17) is 20.1 Å². The number of pyridine rings is 1. The highest BCUT2D eigenvalue weighted by Crippen LogP contribution is 2.50. The number of carbonyl (C=O) groups is 1. The van der Waals surface area contributed by atoms with Gasteiger partial charge in [0, 0.05) is 18.0 Å². The maximum atomic E-state index is 11.5. The molecule has 1 amide bonds. The van der Waals surface area contributed by atoms with Crippen molar-refractivity contribution in [3.63, 3.8) is 0 Å². The summed E-state index contributed by atoms with van der Waals surface area (Å²) in [5, 5.41) is 0. The molecule has 1 aliphatic carbocycles. The third-order valence-corrected chi connectivity index (χ3v) is 6.75. The Morgan fingerprint density at radius 3 is 2.86 bits per heavy atom. The highest BCUT2D eigenvalue weighted by molar-refractivity contribution is 5.91. The van der Waals surface area contributed by atoms with Crippen LogP contribution < -0.4 is 11.3 Å². The van der Waals surface area contributed by atoms with Crippen LogP contribution in [0.1, 0.15) is 62.0 Å². The highest BCUT2D eigenvalue weighted by Gasteiger charge is 2.50. The maximum absolute atomic E-state index is 11.5. The number of amides is 1. The van der Waals surface area contributed by atoms with Crippen molar-refractivity contribution in [2.24, 2.45) is 29.5 Å². The molecule has 5 unspecified atom stereocenters. The fraction of sp³-hybridized carbons (Fsp3) is 0.714. The molecular weight excluding hydrogens is 358 g/mol. The molecule has 3 aliphatic rings. The van der Waals surface area contributed by atoms with Crippen LogP contribution in [0.25, 0.3) is 0 Å². The summed E-state index contributed by atoms with van der Waals surface area (Å²) in [5.41, 5.74) is 3.25. The van der Waals surface area contributed by atoms with Crippen LogP contribution in [0.15, 0.2) is 18.3 Å². The van der Waals surface area contributed by atoms with Crippen LogP contribution in [0.5, 0.6) is 0 Å². The topological polar surface area (TPSA) is 95.7 Å². The number of rotatable bonds is 4. The molecular formula is C21H31N3O4. The fourth-order valence-electron chi connectivity index (χ4n) is 5.23. The summed E-state index contributed by atoms with van der Waals surface area (Å²) < 4.78 is 18.8. The van der Waals surface area contributed by atoms with E-state index in [0.29, 0.717) is 30.3 Å². The van der Waals surface area contributed by atoms with E-state index in [2.05, 4.69) is 24.3 Å². The van der Waals surface area contributed by atoms with Gasteiger partial charge in [0.15, 0.2) is 12.6 Å². The third-order valence-electron chi connectivity index (χ3n) is 6.75. The van der Waals surface area contributed by atoms with Crippen LogP contribution >= 0.6 is 0 Å². The largest absolute Gasteiger partial charge is 0.349 e. The molecule has 4 rings (SSSR count). The Kier molecular flexibility index (Phi) is 5.96. The van der Waals surface area contributed by atoms with E-state index >= 15 is 0 Å². The first kappa shape index (κ1) is 19.8. The van der Waals surface area contributed by atoms with Gasteiger partial charge in [0.2, 0.25) is 0 Å². The third kappa shape index (κ3) is 3.94. The van der Waals surface area contributed by atoms with Gasteiger partial charge in [0.05, 0.1) is 12.7 Å². The predicted molar refractivity (Wildman–Crippen MR) is 103 cm³/mol. The minimum absolute atomic E-state index is 0.164. The van der Waals surface area contributed by atoms with E-state index in [-0.39, 0.29) is 24.4 Å². The zero-order chi connectivity index (χ0) is 19.7. The molecule has 1 aromatic heterocycles. The second-order valence-electron chi connectivity index (χ2n) is 8.52. The SMILES string of the molecule is C[C@H]1C(OCc2ccc(C(=O)NN)nc2)OC2O[C@@H](C)CCC3CCCC1C32. The van der Waals surface area contributed by atoms with Crippen LogP contribution in [0.3, 0.4) is 0 Å². The number of hydrogen-bond acceptors (Lipinski definition) is 6. The van der Waals surface area contributed by atoms with Crippen molar-refractivity contribution in [1.29, 1.82) is 0 Å². The molecule has 0 bridgehead atoms. The van der Waals surface area contributed by atoms with Gasteiger partial charge < -0.3 is 14.2 Å². The molecule has 1 saturated carbocycles. The number of nitrogens with one attached hydrogen (secondary N) is 1. The van der Waals surface area contributed by atoms with Crippen molar-refractivity contribution in [1.82, 2.24) is 10.4 Å². The second-order valence-corrected chi connectivity index (χ2v) is 8.52. The Labute approximate surface area is 166 Å². The zero-order valence-electron chi connectivity index (χ0n) is 16.7. The standard InChI is InChI=1S/C21H31N3O4/c1-12-6-8-15-4-3-5-16-13(2)20(28-21(27-12)18(15)16)26-11-14-7-9-17(23-10-14)19(25)24-22/h7,9-10,12-13,15-16,18,20-21H,3-6,8,11,22H2,1-2H3,(H,24,25)/t12-,13+,15?,16?,18?,20?,21?/m0/s1.